The number of nitrogens with one attached hydrogen (secondary N) is 1. The van der Waals surface area contributed by atoms with Crippen LogP contribution in [-0.4, -0.2) is 35.3 Å². The van der Waals surface area contributed by atoms with Crippen molar-refractivity contribution in [3.8, 4) is 0 Å². The molecule has 4 nitrogen and oxygen atoms in total. The Labute approximate surface area is 129 Å². The first-order valence-electron chi connectivity index (χ1n) is 7.32. The summed E-state index contributed by atoms with van der Waals surface area (Å²) in [5, 5.41) is 3.06. The Morgan fingerprint density at radius 3 is 2.43 bits per heavy atom. The van der Waals surface area contributed by atoms with Crippen molar-refractivity contribution in [1.29, 1.82) is 0 Å². The molecular weight excluding hydrogens is 284 g/mol. The molecule has 0 radical (unpaired) electrons. The lowest BCUT2D eigenvalue weighted by atomic mass is 9.98. The van der Waals surface area contributed by atoms with Crippen LogP contribution in [-0.2, 0) is 4.79 Å². The highest BCUT2D eigenvalue weighted by atomic mass is 32.2. The zero-order chi connectivity index (χ0) is 15.1. The van der Waals surface area contributed by atoms with Crippen molar-refractivity contribution in [1.82, 2.24) is 5.32 Å². The number of nitrogens with two attached hydrogens (primary N) is 1. The first kappa shape index (κ1) is 16.0. The third-order valence-electron chi connectivity index (χ3n) is 3.92. The van der Waals surface area contributed by atoms with Gasteiger partial charge >= 0.3 is 0 Å². The molecule has 21 heavy (non-hydrogen) atoms. The van der Waals surface area contributed by atoms with Crippen molar-refractivity contribution < 1.29 is 9.59 Å². The van der Waals surface area contributed by atoms with Crippen LogP contribution in [0.1, 0.15) is 36.0 Å². The molecule has 2 rings (SSSR count). The maximum absolute atomic E-state index is 12.0. The second-order valence-electron chi connectivity index (χ2n) is 5.52. The van der Waals surface area contributed by atoms with E-state index in [1.54, 1.807) is 12.1 Å². The van der Waals surface area contributed by atoms with E-state index in [2.05, 4.69) is 5.32 Å². The van der Waals surface area contributed by atoms with Crippen LogP contribution >= 0.6 is 11.8 Å². The zero-order valence-electron chi connectivity index (χ0n) is 12.1. The summed E-state index contributed by atoms with van der Waals surface area (Å²) in [5.74, 6) is 0.670. The minimum Gasteiger partial charge on any atom is -0.349 e. The van der Waals surface area contributed by atoms with E-state index in [-0.39, 0.29) is 17.2 Å². The van der Waals surface area contributed by atoms with E-state index < -0.39 is 0 Å². The second-order valence-corrected chi connectivity index (χ2v) is 6.51. The van der Waals surface area contributed by atoms with E-state index in [4.69, 9.17) is 5.73 Å². The molecule has 0 heterocycles. The van der Waals surface area contributed by atoms with Gasteiger partial charge < -0.3 is 11.1 Å². The first-order chi connectivity index (χ1) is 10.2. The lowest BCUT2D eigenvalue weighted by molar-refractivity contribution is -0.120. The van der Waals surface area contributed by atoms with Gasteiger partial charge in [-0.05, 0) is 12.8 Å². The summed E-state index contributed by atoms with van der Waals surface area (Å²) in [6.45, 7) is 0.492. The van der Waals surface area contributed by atoms with Crippen LogP contribution < -0.4 is 11.1 Å². The number of benzene rings is 1. The van der Waals surface area contributed by atoms with Gasteiger partial charge in [0.2, 0.25) is 5.91 Å². The van der Waals surface area contributed by atoms with Crippen molar-refractivity contribution >= 4 is 23.5 Å². The zero-order valence-corrected chi connectivity index (χ0v) is 13.0. The van der Waals surface area contributed by atoms with E-state index in [9.17, 15) is 9.59 Å². The minimum absolute atomic E-state index is 0.0202. The molecule has 1 aromatic carbocycles. The molecule has 0 unspecified atom stereocenters. The van der Waals surface area contributed by atoms with E-state index in [1.165, 1.54) is 11.8 Å². The van der Waals surface area contributed by atoms with Gasteiger partial charge in [0.15, 0.2) is 5.78 Å². The smallest absolute Gasteiger partial charge is 0.230 e. The number of Topliss-reactive ketones (excluding diaryl/α,β-unsaturated/α-hetero) is 1. The fourth-order valence-electron chi connectivity index (χ4n) is 2.71. The fourth-order valence-corrected chi connectivity index (χ4v) is 3.42. The molecule has 5 heteroatoms. The predicted molar refractivity (Wildman–Crippen MR) is 86.5 cm³/mol. The summed E-state index contributed by atoms with van der Waals surface area (Å²) >= 11 is 1.35. The van der Waals surface area contributed by atoms with Crippen molar-refractivity contribution in [3.05, 3.63) is 35.9 Å². The summed E-state index contributed by atoms with van der Waals surface area (Å²) < 4.78 is 0. The van der Waals surface area contributed by atoms with Crippen molar-refractivity contribution in [2.24, 2.45) is 5.73 Å². The summed E-state index contributed by atoms with van der Waals surface area (Å²) in [7, 11) is 0. The van der Waals surface area contributed by atoms with Crippen molar-refractivity contribution in [2.75, 3.05) is 18.1 Å². The highest BCUT2D eigenvalue weighted by Crippen LogP contribution is 2.28. The number of hydrogen-bond donors (Lipinski definition) is 2. The molecule has 3 N–H and O–H groups in total. The SMILES string of the molecule is NCC1(NC(=O)CSCC(=O)c2ccccc2)CCCC1. The van der Waals surface area contributed by atoms with Crippen LogP contribution in [0.3, 0.4) is 0 Å². The number of carbonyl (C=O) groups is 2. The molecule has 0 spiro atoms. The van der Waals surface area contributed by atoms with Crippen LogP contribution in [0.2, 0.25) is 0 Å². The van der Waals surface area contributed by atoms with Crippen LogP contribution in [0.4, 0.5) is 0 Å². The highest BCUT2D eigenvalue weighted by Gasteiger charge is 2.33. The molecule has 1 aliphatic rings. The molecule has 1 saturated carbocycles. The predicted octanol–water partition coefficient (Wildman–Crippen LogP) is 1.99. The standard InChI is InChI=1S/C16H22N2O2S/c17-12-16(8-4-5-9-16)18-15(20)11-21-10-14(19)13-6-2-1-3-7-13/h1-3,6-7H,4-5,8-12,17H2,(H,18,20). The van der Waals surface area contributed by atoms with Gasteiger partial charge in [0.25, 0.3) is 0 Å². The number of hydrogen-bond acceptors (Lipinski definition) is 4. The van der Waals surface area contributed by atoms with E-state index in [0.29, 0.717) is 23.6 Å². The normalized spacial score (nSPS) is 16.6. The molecule has 0 bridgehead atoms. The summed E-state index contributed by atoms with van der Waals surface area (Å²) in [6.07, 6.45) is 4.17. The lowest BCUT2D eigenvalue weighted by Crippen LogP contribution is -2.52. The van der Waals surface area contributed by atoms with E-state index in [1.807, 2.05) is 18.2 Å². The Morgan fingerprint density at radius 1 is 1.14 bits per heavy atom. The summed E-state index contributed by atoms with van der Waals surface area (Å²) in [5.41, 5.74) is 6.28. The molecule has 1 aromatic rings. The van der Waals surface area contributed by atoms with Gasteiger partial charge in [0.05, 0.1) is 17.0 Å². The number of ketones is 1. The fraction of sp³-hybridized carbons (Fsp3) is 0.500. The highest BCUT2D eigenvalue weighted by molar-refractivity contribution is 8.00. The molecule has 1 amide bonds. The molecular formula is C16H22N2O2S. The van der Waals surface area contributed by atoms with Crippen LogP contribution in [0, 0.1) is 0 Å². The van der Waals surface area contributed by atoms with Gasteiger partial charge in [-0.15, -0.1) is 11.8 Å². The lowest BCUT2D eigenvalue weighted by Gasteiger charge is -2.28. The van der Waals surface area contributed by atoms with Crippen LogP contribution in [0.25, 0.3) is 0 Å². The molecule has 114 valence electrons. The Hall–Kier alpha value is -1.33. The van der Waals surface area contributed by atoms with Gasteiger partial charge in [-0.3, -0.25) is 9.59 Å². The topological polar surface area (TPSA) is 72.2 Å². The molecule has 0 aromatic heterocycles. The third kappa shape index (κ3) is 4.58. The Morgan fingerprint density at radius 2 is 1.81 bits per heavy atom. The minimum atomic E-state index is -0.207. The molecule has 1 fully saturated rings. The van der Waals surface area contributed by atoms with Gasteiger partial charge in [0.1, 0.15) is 0 Å². The molecule has 0 saturated heterocycles. The molecule has 1 aliphatic carbocycles. The average Bonchev–Trinajstić information content (AvgIpc) is 2.97. The maximum Gasteiger partial charge on any atom is 0.230 e. The Bertz CT molecular complexity index is 484. The Balaban J connectivity index is 1.73. The van der Waals surface area contributed by atoms with Gasteiger partial charge in [-0.25, -0.2) is 0 Å². The monoisotopic (exact) mass is 306 g/mol. The van der Waals surface area contributed by atoms with Crippen molar-refractivity contribution in [3.63, 3.8) is 0 Å². The number of thioether (sulfide) groups is 1. The van der Waals surface area contributed by atoms with Crippen LogP contribution in [0.15, 0.2) is 30.3 Å². The summed E-state index contributed by atoms with van der Waals surface area (Å²) in [6, 6.07) is 9.16. The van der Waals surface area contributed by atoms with Crippen LogP contribution in [0.5, 0.6) is 0 Å². The summed E-state index contributed by atoms with van der Waals surface area (Å²) in [4.78, 5) is 23.9. The largest absolute Gasteiger partial charge is 0.349 e. The number of carbonyl (C=O) groups excluding carboxylic acids is 2. The molecule has 0 atom stereocenters. The number of amides is 1. The first-order valence-corrected chi connectivity index (χ1v) is 8.48. The average molecular weight is 306 g/mol. The van der Waals surface area contributed by atoms with Crippen molar-refractivity contribution in [2.45, 2.75) is 31.2 Å². The third-order valence-corrected chi connectivity index (χ3v) is 4.85. The van der Waals surface area contributed by atoms with E-state index >= 15 is 0 Å². The Kier molecular flexibility index (Phi) is 5.82. The van der Waals surface area contributed by atoms with E-state index in [0.717, 1.165) is 25.7 Å². The second kappa shape index (κ2) is 7.61. The van der Waals surface area contributed by atoms with Gasteiger partial charge in [-0.1, -0.05) is 43.2 Å². The number of rotatable bonds is 7. The van der Waals surface area contributed by atoms with Gasteiger partial charge in [-0.2, -0.15) is 0 Å². The van der Waals surface area contributed by atoms with Gasteiger partial charge in [0, 0.05) is 12.1 Å². The maximum atomic E-state index is 12.0. The molecule has 0 aliphatic heterocycles. The quantitative estimate of drug-likeness (QED) is 0.756.